The molecule has 1 amide bonds. The van der Waals surface area contributed by atoms with Gasteiger partial charge in [0.1, 0.15) is 0 Å². The van der Waals surface area contributed by atoms with Crippen LogP contribution in [0.5, 0.6) is 0 Å². The second-order valence-electron chi connectivity index (χ2n) is 7.52. The van der Waals surface area contributed by atoms with Gasteiger partial charge >= 0.3 is 0 Å². The van der Waals surface area contributed by atoms with Crippen LogP contribution in [0, 0.1) is 6.92 Å². The van der Waals surface area contributed by atoms with Gasteiger partial charge in [0, 0.05) is 44.4 Å². The standard InChI is InChI=1S/C19H24N4O3S/c1-14-3-5-17(6-4-14)23-11-16(9-20-23)10-21-7-8-22(15(2)24)19-13-27(25,26)12-18(19)21/h3-6,9,11,18-19H,7-8,10,12-13H2,1-2H3/t18-,19+/m0/s1. The van der Waals surface area contributed by atoms with E-state index in [1.54, 1.807) is 4.90 Å². The number of sulfone groups is 1. The number of amides is 1. The van der Waals surface area contributed by atoms with E-state index < -0.39 is 9.84 Å². The minimum Gasteiger partial charge on any atom is -0.336 e. The predicted molar refractivity (Wildman–Crippen MR) is 102 cm³/mol. The molecule has 2 aromatic rings. The molecular formula is C19H24N4O3S. The Balaban J connectivity index is 1.53. The van der Waals surface area contributed by atoms with Crippen LogP contribution in [-0.4, -0.2) is 70.6 Å². The maximum Gasteiger partial charge on any atom is 0.219 e. The summed E-state index contributed by atoms with van der Waals surface area (Å²) in [4.78, 5) is 15.8. The van der Waals surface area contributed by atoms with Gasteiger partial charge in [0.05, 0.1) is 29.4 Å². The van der Waals surface area contributed by atoms with Crippen molar-refractivity contribution in [2.75, 3.05) is 24.6 Å². The van der Waals surface area contributed by atoms with Gasteiger partial charge in [0.15, 0.2) is 9.84 Å². The van der Waals surface area contributed by atoms with E-state index in [-0.39, 0.29) is 29.5 Å². The van der Waals surface area contributed by atoms with Gasteiger partial charge in [-0.25, -0.2) is 13.1 Å². The summed E-state index contributed by atoms with van der Waals surface area (Å²) in [5.74, 6) is 0.137. The number of rotatable bonds is 3. The Hall–Kier alpha value is -2.19. The molecule has 2 saturated heterocycles. The van der Waals surface area contributed by atoms with Gasteiger partial charge in [-0.1, -0.05) is 17.7 Å². The zero-order valence-electron chi connectivity index (χ0n) is 15.6. The van der Waals surface area contributed by atoms with Gasteiger partial charge in [-0.3, -0.25) is 9.69 Å². The highest BCUT2D eigenvalue weighted by atomic mass is 32.2. The van der Waals surface area contributed by atoms with E-state index in [1.807, 2.05) is 48.3 Å². The molecule has 0 N–H and O–H groups in total. The predicted octanol–water partition coefficient (Wildman–Crippen LogP) is 1.01. The second kappa shape index (κ2) is 6.76. The molecule has 0 saturated carbocycles. The minimum absolute atomic E-state index is 0.0473. The van der Waals surface area contributed by atoms with E-state index in [0.717, 1.165) is 11.3 Å². The molecule has 0 bridgehead atoms. The fourth-order valence-corrected chi connectivity index (χ4v) is 6.14. The monoisotopic (exact) mass is 388 g/mol. The van der Waals surface area contributed by atoms with Crippen LogP contribution in [0.15, 0.2) is 36.7 Å². The van der Waals surface area contributed by atoms with Crippen molar-refractivity contribution in [2.24, 2.45) is 0 Å². The normalized spacial score (nSPS) is 24.7. The first-order chi connectivity index (χ1) is 12.8. The molecule has 27 heavy (non-hydrogen) atoms. The fourth-order valence-electron chi connectivity index (χ4n) is 4.13. The SMILES string of the molecule is CC(=O)N1CCN(Cc2cnn(-c3ccc(C)cc3)c2)[C@H]2CS(=O)(=O)C[C@H]21. The van der Waals surface area contributed by atoms with Crippen molar-refractivity contribution in [3.8, 4) is 5.69 Å². The molecule has 2 atom stereocenters. The number of piperazine rings is 1. The Morgan fingerprint density at radius 2 is 1.85 bits per heavy atom. The summed E-state index contributed by atoms with van der Waals surface area (Å²) in [5.41, 5.74) is 3.23. The van der Waals surface area contributed by atoms with Crippen LogP contribution in [0.4, 0.5) is 0 Å². The Bertz CT molecular complexity index is 952. The number of nitrogens with zero attached hydrogens (tertiary/aromatic N) is 4. The lowest BCUT2D eigenvalue weighted by Crippen LogP contribution is -2.59. The molecule has 1 aromatic carbocycles. The third-order valence-corrected chi connectivity index (χ3v) is 7.21. The van der Waals surface area contributed by atoms with Crippen LogP contribution in [0.3, 0.4) is 0 Å². The van der Waals surface area contributed by atoms with Crippen LogP contribution < -0.4 is 0 Å². The molecule has 2 fully saturated rings. The van der Waals surface area contributed by atoms with E-state index >= 15 is 0 Å². The molecule has 0 radical (unpaired) electrons. The molecule has 144 valence electrons. The minimum atomic E-state index is -3.12. The molecular weight excluding hydrogens is 364 g/mol. The van der Waals surface area contributed by atoms with Crippen molar-refractivity contribution in [3.63, 3.8) is 0 Å². The summed E-state index contributed by atoms with van der Waals surface area (Å²) >= 11 is 0. The lowest BCUT2D eigenvalue weighted by Gasteiger charge is -2.43. The Kier molecular flexibility index (Phi) is 4.55. The average molecular weight is 388 g/mol. The van der Waals surface area contributed by atoms with E-state index in [2.05, 4.69) is 10.00 Å². The molecule has 0 spiro atoms. The van der Waals surface area contributed by atoms with Gasteiger partial charge in [0.2, 0.25) is 5.91 Å². The topological polar surface area (TPSA) is 75.5 Å². The van der Waals surface area contributed by atoms with Gasteiger partial charge in [-0.2, -0.15) is 5.10 Å². The van der Waals surface area contributed by atoms with Crippen LogP contribution in [0.2, 0.25) is 0 Å². The quantitative estimate of drug-likeness (QED) is 0.785. The number of hydrogen-bond acceptors (Lipinski definition) is 5. The molecule has 4 rings (SSSR count). The van der Waals surface area contributed by atoms with Crippen molar-refractivity contribution < 1.29 is 13.2 Å². The zero-order valence-corrected chi connectivity index (χ0v) is 16.4. The number of benzene rings is 1. The van der Waals surface area contributed by atoms with Crippen molar-refractivity contribution >= 4 is 15.7 Å². The van der Waals surface area contributed by atoms with Crippen molar-refractivity contribution in [1.29, 1.82) is 0 Å². The number of hydrogen-bond donors (Lipinski definition) is 0. The molecule has 8 heteroatoms. The van der Waals surface area contributed by atoms with E-state index in [4.69, 9.17) is 0 Å². The van der Waals surface area contributed by atoms with Gasteiger partial charge in [-0.05, 0) is 19.1 Å². The van der Waals surface area contributed by atoms with E-state index in [9.17, 15) is 13.2 Å². The third-order valence-electron chi connectivity index (χ3n) is 5.52. The largest absolute Gasteiger partial charge is 0.336 e. The van der Waals surface area contributed by atoms with E-state index in [0.29, 0.717) is 19.6 Å². The molecule has 7 nitrogen and oxygen atoms in total. The molecule has 2 aliphatic heterocycles. The Labute approximate surface area is 159 Å². The summed E-state index contributed by atoms with van der Waals surface area (Å²) in [7, 11) is -3.12. The highest BCUT2D eigenvalue weighted by Crippen LogP contribution is 2.28. The molecule has 1 aromatic heterocycles. The number of aromatic nitrogens is 2. The Morgan fingerprint density at radius 3 is 2.56 bits per heavy atom. The highest BCUT2D eigenvalue weighted by Gasteiger charge is 2.47. The molecule has 0 aliphatic carbocycles. The highest BCUT2D eigenvalue weighted by molar-refractivity contribution is 7.91. The Morgan fingerprint density at radius 1 is 1.15 bits per heavy atom. The average Bonchev–Trinajstić information content (AvgIpc) is 3.19. The zero-order chi connectivity index (χ0) is 19.2. The first-order valence-corrected chi connectivity index (χ1v) is 11.0. The number of carbonyl (C=O) groups excluding carboxylic acids is 1. The lowest BCUT2D eigenvalue weighted by atomic mass is 10.0. The summed E-state index contributed by atoms with van der Waals surface area (Å²) in [6.45, 7) is 5.44. The fraction of sp³-hybridized carbons (Fsp3) is 0.474. The number of fused-ring (bicyclic) bond motifs is 1. The molecule has 0 unspecified atom stereocenters. The van der Waals surface area contributed by atoms with Crippen molar-refractivity contribution in [3.05, 3.63) is 47.8 Å². The van der Waals surface area contributed by atoms with Crippen LogP contribution >= 0.6 is 0 Å². The first kappa shape index (κ1) is 18.2. The summed E-state index contributed by atoms with van der Waals surface area (Å²) in [6, 6.07) is 7.76. The summed E-state index contributed by atoms with van der Waals surface area (Å²) in [5, 5.41) is 4.45. The van der Waals surface area contributed by atoms with Gasteiger partial charge in [0.25, 0.3) is 0 Å². The number of carbonyl (C=O) groups is 1. The number of aryl methyl sites for hydroxylation is 1. The van der Waals surface area contributed by atoms with Crippen molar-refractivity contribution in [2.45, 2.75) is 32.5 Å². The first-order valence-electron chi connectivity index (χ1n) is 9.15. The van der Waals surface area contributed by atoms with Crippen LogP contribution in [0.1, 0.15) is 18.1 Å². The lowest BCUT2D eigenvalue weighted by molar-refractivity contribution is -0.134. The van der Waals surface area contributed by atoms with E-state index in [1.165, 1.54) is 12.5 Å². The maximum absolute atomic E-state index is 12.2. The second-order valence-corrected chi connectivity index (χ2v) is 9.68. The summed E-state index contributed by atoms with van der Waals surface area (Å²) < 4.78 is 26.2. The maximum atomic E-state index is 12.2. The van der Waals surface area contributed by atoms with Crippen LogP contribution in [0.25, 0.3) is 5.69 Å². The van der Waals surface area contributed by atoms with Crippen molar-refractivity contribution in [1.82, 2.24) is 19.6 Å². The smallest absolute Gasteiger partial charge is 0.219 e. The summed E-state index contributed by atoms with van der Waals surface area (Å²) in [6.07, 6.45) is 3.82. The van der Waals surface area contributed by atoms with Crippen LogP contribution in [-0.2, 0) is 21.2 Å². The van der Waals surface area contributed by atoms with Gasteiger partial charge in [-0.15, -0.1) is 0 Å². The third kappa shape index (κ3) is 3.64. The molecule has 2 aliphatic rings. The van der Waals surface area contributed by atoms with Gasteiger partial charge < -0.3 is 4.90 Å². The molecule has 3 heterocycles.